The van der Waals surface area contributed by atoms with Gasteiger partial charge in [0.1, 0.15) is 24.4 Å². The van der Waals surface area contributed by atoms with Gasteiger partial charge in [0, 0.05) is 33.5 Å². The number of ether oxygens (including phenoxy) is 6. The Kier molecular flexibility index (Phi) is 16.1. The fourth-order valence-electron chi connectivity index (χ4n) is 3.31. The predicted octanol–water partition coefficient (Wildman–Crippen LogP) is 4.73. The molecule has 1 rings (SSSR count). The topological polar surface area (TPSA) is 55.4 Å². The molecular weight excluding hydrogens is 372 g/mol. The summed E-state index contributed by atoms with van der Waals surface area (Å²) in [6, 6.07) is 0. The van der Waals surface area contributed by atoms with Gasteiger partial charge in [-0.2, -0.15) is 0 Å². The van der Waals surface area contributed by atoms with Crippen LogP contribution in [0.3, 0.4) is 0 Å². The molecule has 0 unspecified atom stereocenters. The van der Waals surface area contributed by atoms with Crippen molar-refractivity contribution in [2.75, 3.05) is 40.1 Å². The molecule has 1 aliphatic rings. The molecular formula is C23H46O6. The zero-order valence-electron chi connectivity index (χ0n) is 19.5. The molecule has 6 nitrogen and oxygen atoms in total. The van der Waals surface area contributed by atoms with Crippen LogP contribution in [0, 0.1) is 0 Å². The number of methoxy groups -OCH3 is 1. The average Bonchev–Trinajstić information content (AvgIpc) is 2.73. The van der Waals surface area contributed by atoms with E-state index in [2.05, 4.69) is 27.7 Å². The van der Waals surface area contributed by atoms with Gasteiger partial charge in [0.25, 0.3) is 0 Å². The third kappa shape index (κ3) is 10.1. The average molecular weight is 419 g/mol. The van der Waals surface area contributed by atoms with Gasteiger partial charge in [0.05, 0.1) is 6.61 Å². The molecule has 174 valence electrons. The molecule has 0 aromatic heterocycles. The maximum absolute atomic E-state index is 6.33. The molecule has 1 aliphatic heterocycles. The van der Waals surface area contributed by atoms with E-state index in [-0.39, 0.29) is 24.4 Å². The smallest absolute Gasteiger partial charge is 0.186 e. The van der Waals surface area contributed by atoms with Crippen LogP contribution in [0.2, 0.25) is 0 Å². The van der Waals surface area contributed by atoms with Crippen LogP contribution in [0.1, 0.15) is 79.1 Å². The number of unbranched alkanes of at least 4 members (excludes halogenated alkanes) is 4. The monoisotopic (exact) mass is 418 g/mol. The van der Waals surface area contributed by atoms with Gasteiger partial charge in [-0.15, -0.1) is 0 Å². The maximum Gasteiger partial charge on any atom is 0.186 e. The summed E-state index contributed by atoms with van der Waals surface area (Å²) >= 11 is 0. The van der Waals surface area contributed by atoms with E-state index in [1.54, 1.807) is 7.11 Å². The molecule has 0 aromatic carbocycles. The van der Waals surface area contributed by atoms with Crippen LogP contribution in [0.25, 0.3) is 0 Å². The van der Waals surface area contributed by atoms with Crippen LogP contribution < -0.4 is 0 Å². The highest BCUT2D eigenvalue weighted by atomic mass is 16.7. The molecule has 0 aliphatic carbocycles. The van der Waals surface area contributed by atoms with Crippen LogP contribution in [-0.2, 0) is 28.4 Å². The van der Waals surface area contributed by atoms with Crippen LogP contribution in [0.15, 0.2) is 0 Å². The van der Waals surface area contributed by atoms with E-state index in [9.17, 15) is 0 Å². The number of hydrogen-bond donors (Lipinski definition) is 0. The molecule has 6 heteroatoms. The maximum atomic E-state index is 6.33. The summed E-state index contributed by atoms with van der Waals surface area (Å²) in [5.41, 5.74) is 0. The summed E-state index contributed by atoms with van der Waals surface area (Å²) in [5, 5.41) is 0. The van der Waals surface area contributed by atoms with Gasteiger partial charge in [-0.05, 0) is 25.7 Å². The molecule has 0 spiro atoms. The molecule has 29 heavy (non-hydrogen) atoms. The minimum atomic E-state index is -0.482. The summed E-state index contributed by atoms with van der Waals surface area (Å²) in [4.78, 5) is 0. The highest BCUT2D eigenvalue weighted by Gasteiger charge is 2.48. The molecule has 0 amide bonds. The van der Waals surface area contributed by atoms with E-state index in [1.807, 2.05) is 0 Å². The van der Waals surface area contributed by atoms with Gasteiger partial charge in [-0.1, -0.05) is 53.4 Å². The quantitative estimate of drug-likeness (QED) is 0.300. The lowest BCUT2D eigenvalue weighted by molar-refractivity contribution is -0.318. The Morgan fingerprint density at radius 3 is 1.62 bits per heavy atom. The summed E-state index contributed by atoms with van der Waals surface area (Å²) in [6.07, 6.45) is 6.96. The highest BCUT2D eigenvalue weighted by molar-refractivity contribution is 4.93. The fourth-order valence-corrected chi connectivity index (χ4v) is 3.31. The summed E-state index contributed by atoms with van der Waals surface area (Å²) in [5.74, 6) is 0. The van der Waals surface area contributed by atoms with Crippen molar-refractivity contribution >= 4 is 0 Å². The second-order valence-corrected chi connectivity index (χ2v) is 7.77. The summed E-state index contributed by atoms with van der Waals surface area (Å²) in [7, 11) is 1.66. The lowest BCUT2D eigenvalue weighted by Gasteiger charge is -2.45. The van der Waals surface area contributed by atoms with E-state index < -0.39 is 6.29 Å². The van der Waals surface area contributed by atoms with Crippen LogP contribution in [0.4, 0.5) is 0 Å². The van der Waals surface area contributed by atoms with E-state index >= 15 is 0 Å². The first-order valence-corrected chi connectivity index (χ1v) is 11.8. The SMILES string of the molecule is CCCCOC[C@H]1O[C@H](OC)[C@H](OCCCC)[C@@H](OCCCC)[C@@H]1OCCCC. The molecule has 1 saturated heterocycles. The van der Waals surface area contributed by atoms with Crippen molar-refractivity contribution in [3.8, 4) is 0 Å². The zero-order chi connectivity index (χ0) is 21.3. The Hall–Kier alpha value is -0.240. The first kappa shape index (κ1) is 26.8. The lowest BCUT2D eigenvalue weighted by Crippen LogP contribution is -2.62. The standard InChI is InChI=1S/C23H46O6/c1-6-10-14-25-18-19-20(26-15-11-7-2)21(27-16-12-8-3)22(23(24-5)29-19)28-17-13-9-4/h19-23H,6-18H2,1-5H3/t19-,20-,21+,22-,23+/m1/s1. The fraction of sp³-hybridized carbons (Fsp3) is 1.00. The molecule has 5 atom stereocenters. The van der Waals surface area contributed by atoms with Gasteiger partial charge in [0.15, 0.2) is 6.29 Å². The first-order chi connectivity index (χ1) is 14.2. The van der Waals surface area contributed by atoms with Crippen LogP contribution in [-0.4, -0.2) is 70.9 Å². The largest absolute Gasteiger partial charge is 0.379 e. The van der Waals surface area contributed by atoms with Crippen molar-refractivity contribution in [3.05, 3.63) is 0 Å². The Balaban J connectivity index is 2.92. The molecule has 0 radical (unpaired) electrons. The van der Waals surface area contributed by atoms with Crippen molar-refractivity contribution < 1.29 is 28.4 Å². The Morgan fingerprint density at radius 2 is 1.10 bits per heavy atom. The zero-order valence-corrected chi connectivity index (χ0v) is 19.5. The molecule has 0 N–H and O–H groups in total. The summed E-state index contributed by atoms with van der Waals surface area (Å²) in [6.45, 7) is 11.9. The van der Waals surface area contributed by atoms with E-state index in [4.69, 9.17) is 28.4 Å². The van der Waals surface area contributed by atoms with E-state index in [0.717, 1.165) is 58.0 Å². The molecule has 1 fully saturated rings. The molecule has 1 heterocycles. The van der Waals surface area contributed by atoms with E-state index in [0.29, 0.717) is 26.4 Å². The highest BCUT2D eigenvalue weighted by Crippen LogP contribution is 2.29. The van der Waals surface area contributed by atoms with Crippen molar-refractivity contribution in [2.45, 2.75) is 110 Å². The Morgan fingerprint density at radius 1 is 0.621 bits per heavy atom. The minimum absolute atomic E-state index is 0.224. The lowest BCUT2D eigenvalue weighted by atomic mass is 9.98. The molecule has 0 aromatic rings. The number of rotatable bonds is 18. The van der Waals surface area contributed by atoms with Gasteiger partial charge in [-0.25, -0.2) is 0 Å². The Bertz CT molecular complexity index is 367. The van der Waals surface area contributed by atoms with E-state index in [1.165, 1.54) is 0 Å². The van der Waals surface area contributed by atoms with Crippen LogP contribution >= 0.6 is 0 Å². The van der Waals surface area contributed by atoms with Gasteiger partial charge in [0.2, 0.25) is 0 Å². The third-order valence-electron chi connectivity index (χ3n) is 5.17. The van der Waals surface area contributed by atoms with Crippen molar-refractivity contribution in [1.82, 2.24) is 0 Å². The molecule has 0 bridgehead atoms. The van der Waals surface area contributed by atoms with Gasteiger partial charge >= 0.3 is 0 Å². The van der Waals surface area contributed by atoms with Crippen LogP contribution in [0.5, 0.6) is 0 Å². The van der Waals surface area contributed by atoms with Crippen molar-refractivity contribution in [2.24, 2.45) is 0 Å². The van der Waals surface area contributed by atoms with Gasteiger partial charge < -0.3 is 28.4 Å². The molecule has 0 saturated carbocycles. The first-order valence-electron chi connectivity index (χ1n) is 11.8. The van der Waals surface area contributed by atoms with Gasteiger partial charge in [-0.3, -0.25) is 0 Å². The summed E-state index contributed by atoms with van der Waals surface area (Å²) < 4.78 is 36.7. The normalized spacial score (nSPS) is 27.4. The Labute approximate surface area is 178 Å². The minimum Gasteiger partial charge on any atom is -0.379 e. The number of hydrogen-bond acceptors (Lipinski definition) is 6. The third-order valence-corrected chi connectivity index (χ3v) is 5.17. The van der Waals surface area contributed by atoms with Crippen molar-refractivity contribution in [3.63, 3.8) is 0 Å². The van der Waals surface area contributed by atoms with Crippen molar-refractivity contribution in [1.29, 1.82) is 0 Å². The second kappa shape index (κ2) is 17.4. The second-order valence-electron chi connectivity index (χ2n) is 7.77. The predicted molar refractivity (Wildman–Crippen MR) is 115 cm³/mol.